The lowest BCUT2D eigenvalue weighted by Gasteiger charge is -2.12. The monoisotopic (exact) mass is 134 g/mol. The molecule has 0 aromatic rings. The minimum Gasteiger partial charge on any atom is -0.0914 e. The van der Waals surface area contributed by atoms with Crippen LogP contribution in [0.15, 0.2) is 24.3 Å². The lowest BCUT2D eigenvalue weighted by molar-refractivity contribution is 0.549. The van der Waals surface area contributed by atoms with Gasteiger partial charge in [-0.05, 0) is 37.5 Å². The Morgan fingerprint density at radius 2 is 2.20 bits per heavy atom. The van der Waals surface area contributed by atoms with Crippen LogP contribution in [0.1, 0.15) is 19.8 Å². The molecule has 0 aromatic carbocycles. The van der Waals surface area contributed by atoms with E-state index in [1.165, 1.54) is 12.8 Å². The minimum atomic E-state index is 0.875. The Balaban J connectivity index is 2.09. The van der Waals surface area contributed by atoms with Crippen molar-refractivity contribution in [2.75, 3.05) is 0 Å². The number of allylic oxidation sites excluding steroid dienone is 4. The quantitative estimate of drug-likeness (QED) is 0.484. The molecular weight excluding hydrogens is 120 g/mol. The van der Waals surface area contributed by atoms with Crippen LogP contribution in [0.3, 0.4) is 0 Å². The van der Waals surface area contributed by atoms with Gasteiger partial charge in [-0.2, -0.15) is 0 Å². The van der Waals surface area contributed by atoms with E-state index in [1.807, 2.05) is 0 Å². The van der Waals surface area contributed by atoms with E-state index < -0.39 is 0 Å². The molecule has 2 rings (SSSR count). The molecule has 0 heterocycles. The average Bonchev–Trinajstić information content (AvgIpc) is 2.48. The van der Waals surface area contributed by atoms with Gasteiger partial charge in [0.1, 0.15) is 0 Å². The first-order valence-electron chi connectivity index (χ1n) is 4.21. The minimum absolute atomic E-state index is 0.875. The summed E-state index contributed by atoms with van der Waals surface area (Å²) in [7, 11) is 0. The second kappa shape index (κ2) is 2.26. The molecule has 0 spiro atoms. The molecule has 1 unspecified atom stereocenters. The molecule has 1 fully saturated rings. The SMILES string of the molecule is C/C=C/C1C[C@H]2C=C[C@H]1C2. The van der Waals surface area contributed by atoms with Gasteiger partial charge in [0.05, 0.1) is 0 Å². The molecule has 2 bridgehead atoms. The molecule has 0 aliphatic heterocycles. The van der Waals surface area contributed by atoms with Crippen LogP contribution in [0, 0.1) is 17.8 Å². The summed E-state index contributed by atoms with van der Waals surface area (Å²) in [5, 5.41) is 0. The highest BCUT2D eigenvalue weighted by Crippen LogP contribution is 2.43. The third-order valence-corrected chi connectivity index (χ3v) is 2.77. The summed E-state index contributed by atoms with van der Waals surface area (Å²) in [6, 6.07) is 0. The molecule has 54 valence electrons. The van der Waals surface area contributed by atoms with Gasteiger partial charge in [-0.1, -0.05) is 24.3 Å². The Morgan fingerprint density at radius 3 is 2.70 bits per heavy atom. The van der Waals surface area contributed by atoms with Gasteiger partial charge in [-0.25, -0.2) is 0 Å². The lowest BCUT2D eigenvalue weighted by Crippen LogP contribution is -2.02. The van der Waals surface area contributed by atoms with Crippen molar-refractivity contribution in [3.05, 3.63) is 24.3 Å². The number of fused-ring (bicyclic) bond motifs is 2. The van der Waals surface area contributed by atoms with Crippen LogP contribution in [0.4, 0.5) is 0 Å². The van der Waals surface area contributed by atoms with Crippen molar-refractivity contribution in [3.63, 3.8) is 0 Å². The molecule has 0 saturated heterocycles. The Bertz CT molecular complexity index is 176. The normalized spacial score (nSPS) is 43.9. The molecule has 2 aliphatic carbocycles. The second-order valence-electron chi connectivity index (χ2n) is 3.47. The van der Waals surface area contributed by atoms with Gasteiger partial charge < -0.3 is 0 Å². The molecule has 0 aromatic heterocycles. The molecule has 2 aliphatic rings. The van der Waals surface area contributed by atoms with E-state index in [0.717, 1.165) is 17.8 Å². The van der Waals surface area contributed by atoms with Crippen LogP contribution >= 0.6 is 0 Å². The van der Waals surface area contributed by atoms with Gasteiger partial charge in [0.2, 0.25) is 0 Å². The van der Waals surface area contributed by atoms with Crippen LogP contribution in [0.25, 0.3) is 0 Å². The molecule has 1 saturated carbocycles. The van der Waals surface area contributed by atoms with Crippen LogP contribution in [0.2, 0.25) is 0 Å². The maximum absolute atomic E-state index is 2.40. The molecule has 10 heavy (non-hydrogen) atoms. The van der Waals surface area contributed by atoms with Crippen molar-refractivity contribution in [2.45, 2.75) is 19.8 Å². The summed E-state index contributed by atoms with van der Waals surface area (Å²) in [5.41, 5.74) is 0. The first kappa shape index (κ1) is 6.21. The zero-order chi connectivity index (χ0) is 6.97. The fourth-order valence-electron chi connectivity index (χ4n) is 2.29. The molecule has 0 radical (unpaired) electrons. The van der Waals surface area contributed by atoms with E-state index in [4.69, 9.17) is 0 Å². The van der Waals surface area contributed by atoms with Crippen LogP contribution in [-0.4, -0.2) is 0 Å². The van der Waals surface area contributed by atoms with Crippen molar-refractivity contribution >= 4 is 0 Å². The van der Waals surface area contributed by atoms with Crippen molar-refractivity contribution in [2.24, 2.45) is 17.8 Å². The second-order valence-corrected chi connectivity index (χ2v) is 3.47. The molecule has 0 heteroatoms. The van der Waals surface area contributed by atoms with Crippen molar-refractivity contribution in [1.29, 1.82) is 0 Å². The Kier molecular flexibility index (Phi) is 1.40. The van der Waals surface area contributed by atoms with E-state index in [9.17, 15) is 0 Å². The molecule has 3 atom stereocenters. The Hall–Kier alpha value is -0.520. The summed E-state index contributed by atoms with van der Waals surface area (Å²) in [5.74, 6) is 2.69. The predicted molar refractivity (Wildman–Crippen MR) is 43.7 cm³/mol. The highest BCUT2D eigenvalue weighted by atomic mass is 14.4. The first-order chi connectivity index (χ1) is 4.90. The van der Waals surface area contributed by atoms with Crippen molar-refractivity contribution in [1.82, 2.24) is 0 Å². The van der Waals surface area contributed by atoms with Crippen molar-refractivity contribution in [3.8, 4) is 0 Å². The Morgan fingerprint density at radius 1 is 1.30 bits per heavy atom. The Labute approximate surface area is 62.6 Å². The van der Waals surface area contributed by atoms with Gasteiger partial charge in [0.15, 0.2) is 0 Å². The topological polar surface area (TPSA) is 0 Å². The molecule has 0 nitrogen and oxygen atoms in total. The van der Waals surface area contributed by atoms with Gasteiger partial charge in [0.25, 0.3) is 0 Å². The van der Waals surface area contributed by atoms with E-state index in [2.05, 4.69) is 31.2 Å². The van der Waals surface area contributed by atoms with Crippen LogP contribution < -0.4 is 0 Å². The fraction of sp³-hybridized carbons (Fsp3) is 0.600. The van der Waals surface area contributed by atoms with E-state index >= 15 is 0 Å². The highest BCUT2D eigenvalue weighted by molar-refractivity contribution is 5.13. The summed E-state index contributed by atoms with van der Waals surface area (Å²) >= 11 is 0. The largest absolute Gasteiger partial charge is 0.0914 e. The average molecular weight is 134 g/mol. The van der Waals surface area contributed by atoms with Crippen molar-refractivity contribution < 1.29 is 0 Å². The third kappa shape index (κ3) is 0.828. The smallest absolute Gasteiger partial charge is 0.0165 e. The predicted octanol–water partition coefficient (Wildman–Crippen LogP) is 2.77. The van der Waals surface area contributed by atoms with Crippen LogP contribution in [0.5, 0.6) is 0 Å². The standard InChI is InChI=1S/C10H14/c1-2-3-9-6-8-4-5-10(9)7-8/h2-5,8-10H,6-7H2,1H3/b3-2+/t8-,9?,10+/m1/s1. The summed E-state index contributed by atoms with van der Waals surface area (Å²) in [4.78, 5) is 0. The number of rotatable bonds is 1. The summed E-state index contributed by atoms with van der Waals surface area (Å²) in [6.45, 7) is 2.12. The highest BCUT2D eigenvalue weighted by Gasteiger charge is 2.33. The van der Waals surface area contributed by atoms with Gasteiger partial charge in [-0.15, -0.1) is 0 Å². The molecule has 0 amide bonds. The zero-order valence-electron chi connectivity index (χ0n) is 6.46. The number of hydrogen-bond acceptors (Lipinski definition) is 0. The molecule has 0 N–H and O–H groups in total. The van der Waals surface area contributed by atoms with Gasteiger partial charge >= 0.3 is 0 Å². The van der Waals surface area contributed by atoms with Gasteiger partial charge in [0, 0.05) is 0 Å². The lowest BCUT2D eigenvalue weighted by atomic mass is 9.93. The van der Waals surface area contributed by atoms with Gasteiger partial charge in [-0.3, -0.25) is 0 Å². The van der Waals surface area contributed by atoms with E-state index in [1.54, 1.807) is 0 Å². The maximum Gasteiger partial charge on any atom is -0.0165 e. The summed E-state index contributed by atoms with van der Waals surface area (Å²) in [6.07, 6.45) is 12.2. The third-order valence-electron chi connectivity index (χ3n) is 2.77. The molecular formula is C10H14. The summed E-state index contributed by atoms with van der Waals surface area (Å²) < 4.78 is 0. The zero-order valence-corrected chi connectivity index (χ0v) is 6.46. The fourth-order valence-corrected chi connectivity index (χ4v) is 2.29. The van der Waals surface area contributed by atoms with E-state index in [-0.39, 0.29) is 0 Å². The van der Waals surface area contributed by atoms with Crippen LogP contribution in [-0.2, 0) is 0 Å². The van der Waals surface area contributed by atoms with E-state index in [0.29, 0.717) is 0 Å². The number of hydrogen-bond donors (Lipinski definition) is 0. The first-order valence-corrected chi connectivity index (χ1v) is 4.21. The maximum atomic E-state index is 2.40.